The van der Waals surface area contributed by atoms with Crippen molar-refractivity contribution in [1.29, 1.82) is 0 Å². The Morgan fingerprint density at radius 2 is 1.47 bits per heavy atom. The summed E-state index contributed by atoms with van der Waals surface area (Å²) >= 11 is 3.55. The van der Waals surface area contributed by atoms with Gasteiger partial charge in [-0.2, -0.15) is 5.11 Å². The van der Waals surface area contributed by atoms with Gasteiger partial charge in [-0.15, -0.1) is 0 Å². The molecule has 1 saturated heterocycles. The summed E-state index contributed by atoms with van der Waals surface area (Å²) in [5, 5.41) is 11.7. The largest absolute Gasteiger partial charge is 0.379 e. The zero-order chi connectivity index (χ0) is 20.4. The number of rotatable bonds is 4. The number of nitrogens with zero attached hydrogens (tertiary/aromatic N) is 4. The van der Waals surface area contributed by atoms with Crippen LogP contribution in [0, 0.1) is 0 Å². The first-order chi connectivity index (χ1) is 14.8. The van der Waals surface area contributed by atoms with Crippen molar-refractivity contribution in [2.45, 2.75) is 11.7 Å². The molecular formula is C24H23BrN4O. The second-order valence-corrected chi connectivity index (χ2v) is 8.41. The van der Waals surface area contributed by atoms with Gasteiger partial charge in [0.2, 0.25) is 0 Å². The van der Waals surface area contributed by atoms with Gasteiger partial charge in [0.1, 0.15) is 6.04 Å². The van der Waals surface area contributed by atoms with Crippen molar-refractivity contribution in [3.63, 3.8) is 0 Å². The molecule has 0 N–H and O–H groups in total. The Morgan fingerprint density at radius 1 is 0.833 bits per heavy atom. The number of hydrogen-bond donors (Lipinski definition) is 0. The SMILES string of the molecule is Brc1ccc(N2N=NC(c3ccccc3)C2(c2ccccc2)N2CCOCC2)cc1. The molecule has 0 saturated carbocycles. The van der Waals surface area contributed by atoms with Gasteiger partial charge < -0.3 is 4.74 Å². The number of morpholine rings is 1. The fourth-order valence-electron chi connectivity index (χ4n) is 4.49. The number of hydrogen-bond acceptors (Lipinski definition) is 5. The van der Waals surface area contributed by atoms with Crippen LogP contribution in [0.25, 0.3) is 0 Å². The fourth-order valence-corrected chi connectivity index (χ4v) is 4.75. The molecule has 30 heavy (non-hydrogen) atoms. The van der Waals surface area contributed by atoms with E-state index in [1.807, 2.05) is 6.07 Å². The topological polar surface area (TPSA) is 40.4 Å². The van der Waals surface area contributed by atoms with Crippen LogP contribution in [0.3, 0.4) is 0 Å². The lowest BCUT2D eigenvalue weighted by Crippen LogP contribution is -2.60. The second kappa shape index (κ2) is 8.30. The first-order valence-corrected chi connectivity index (χ1v) is 11.0. The van der Waals surface area contributed by atoms with Crippen LogP contribution in [-0.2, 0) is 10.4 Å². The van der Waals surface area contributed by atoms with Crippen molar-refractivity contribution in [1.82, 2.24) is 4.90 Å². The lowest BCUT2D eigenvalue weighted by atomic mass is 9.84. The molecule has 0 radical (unpaired) electrons. The zero-order valence-electron chi connectivity index (χ0n) is 16.6. The van der Waals surface area contributed by atoms with Gasteiger partial charge in [-0.25, -0.2) is 5.01 Å². The third-order valence-electron chi connectivity index (χ3n) is 5.84. The molecular weight excluding hydrogens is 440 g/mol. The normalized spacial score (nSPS) is 24.3. The highest BCUT2D eigenvalue weighted by molar-refractivity contribution is 9.10. The third kappa shape index (κ3) is 3.25. The molecule has 2 unspecified atom stereocenters. The summed E-state index contributed by atoms with van der Waals surface area (Å²) in [6.45, 7) is 3.03. The molecule has 0 spiro atoms. The molecule has 0 bridgehead atoms. The summed E-state index contributed by atoms with van der Waals surface area (Å²) in [6, 6.07) is 29.2. The van der Waals surface area contributed by atoms with E-state index in [4.69, 9.17) is 15.1 Å². The maximum absolute atomic E-state index is 5.71. The van der Waals surface area contributed by atoms with Gasteiger partial charge in [-0.05, 0) is 35.4 Å². The zero-order valence-corrected chi connectivity index (χ0v) is 18.1. The smallest absolute Gasteiger partial charge is 0.171 e. The number of anilines is 1. The number of halogens is 1. The van der Waals surface area contributed by atoms with Crippen LogP contribution in [-0.4, -0.2) is 31.2 Å². The van der Waals surface area contributed by atoms with E-state index in [2.05, 4.69) is 105 Å². The van der Waals surface area contributed by atoms with Gasteiger partial charge in [-0.1, -0.05) is 81.8 Å². The van der Waals surface area contributed by atoms with E-state index in [9.17, 15) is 0 Å². The Bertz CT molecular complexity index is 1010. The van der Waals surface area contributed by atoms with E-state index in [0.29, 0.717) is 13.2 Å². The molecule has 3 aromatic rings. The predicted octanol–water partition coefficient (Wildman–Crippen LogP) is 5.56. The quantitative estimate of drug-likeness (QED) is 0.509. The first-order valence-electron chi connectivity index (χ1n) is 10.2. The summed E-state index contributed by atoms with van der Waals surface area (Å²) in [7, 11) is 0. The van der Waals surface area contributed by atoms with Crippen LogP contribution in [0.2, 0.25) is 0 Å². The van der Waals surface area contributed by atoms with Crippen LogP contribution in [0.15, 0.2) is 99.7 Å². The molecule has 0 aromatic heterocycles. The Hall–Kier alpha value is -2.54. The van der Waals surface area contributed by atoms with Gasteiger partial charge in [0.05, 0.1) is 18.9 Å². The summed E-state index contributed by atoms with van der Waals surface area (Å²) in [5.74, 6) is 0. The van der Waals surface area contributed by atoms with E-state index >= 15 is 0 Å². The minimum atomic E-state index is -0.569. The summed E-state index contributed by atoms with van der Waals surface area (Å²) in [5.41, 5.74) is 2.76. The van der Waals surface area contributed by atoms with Crippen LogP contribution in [0.1, 0.15) is 17.2 Å². The molecule has 5 rings (SSSR count). The van der Waals surface area contributed by atoms with Crippen molar-refractivity contribution >= 4 is 21.6 Å². The van der Waals surface area contributed by atoms with Crippen LogP contribution in [0.4, 0.5) is 5.69 Å². The average molecular weight is 463 g/mol. The van der Waals surface area contributed by atoms with Gasteiger partial charge in [0.15, 0.2) is 5.66 Å². The highest BCUT2D eigenvalue weighted by atomic mass is 79.9. The standard InChI is InChI=1S/C24H23BrN4O/c25-21-11-13-22(14-12-21)29-24(20-9-5-2-6-10-20,28-15-17-30-18-16-28)23(26-27-29)19-7-3-1-4-8-19/h1-14,23H,15-18H2. The lowest BCUT2D eigenvalue weighted by Gasteiger charge is -2.49. The predicted molar refractivity (Wildman–Crippen MR) is 121 cm³/mol. The minimum absolute atomic E-state index is 0.164. The van der Waals surface area contributed by atoms with E-state index in [1.54, 1.807) is 0 Å². The molecule has 2 atom stereocenters. The highest BCUT2D eigenvalue weighted by Crippen LogP contribution is 2.52. The minimum Gasteiger partial charge on any atom is -0.379 e. The molecule has 2 aliphatic rings. The molecule has 0 aliphatic carbocycles. The number of ether oxygens (including phenoxy) is 1. The summed E-state index contributed by atoms with van der Waals surface area (Å²) < 4.78 is 6.75. The maximum atomic E-state index is 5.71. The molecule has 2 aliphatic heterocycles. The summed E-state index contributed by atoms with van der Waals surface area (Å²) in [6.07, 6.45) is 0. The van der Waals surface area contributed by atoms with Crippen LogP contribution >= 0.6 is 15.9 Å². The van der Waals surface area contributed by atoms with Crippen LogP contribution in [0.5, 0.6) is 0 Å². The number of benzene rings is 3. The van der Waals surface area contributed by atoms with E-state index in [-0.39, 0.29) is 6.04 Å². The first kappa shape index (κ1) is 19.4. The summed E-state index contributed by atoms with van der Waals surface area (Å²) in [4.78, 5) is 2.48. The van der Waals surface area contributed by atoms with Crippen molar-refractivity contribution in [2.75, 3.05) is 31.3 Å². The molecule has 3 aromatic carbocycles. The Kier molecular flexibility index (Phi) is 5.37. The van der Waals surface area contributed by atoms with E-state index in [0.717, 1.165) is 28.8 Å². The van der Waals surface area contributed by atoms with Crippen molar-refractivity contribution in [2.24, 2.45) is 10.3 Å². The van der Waals surface area contributed by atoms with Crippen molar-refractivity contribution in [3.05, 3.63) is 101 Å². The van der Waals surface area contributed by atoms with Gasteiger partial charge in [0.25, 0.3) is 0 Å². The monoisotopic (exact) mass is 462 g/mol. The Balaban J connectivity index is 1.74. The van der Waals surface area contributed by atoms with E-state index < -0.39 is 5.66 Å². The highest BCUT2D eigenvalue weighted by Gasteiger charge is 2.55. The van der Waals surface area contributed by atoms with Crippen LogP contribution < -0.4 is 5.01 Å². The maximum Gasteiger partial charge on any atom is 0.171 e. The third-order valence-corrected chi connectivity index (χ3v) is 6.37. The molecule has 2 heterocycles. The molecule has 0 amide bonds. The average Bonchev–Trinajstić information content (AvgIpc) is 3.22. The van der Waals surface area contributed by atoms with Crippen molar-refractivity contribution < 1.29 is 4.74 Å². The van der Waals surface area contributed by atoms with Gasteiger partial charge in [0, 0.05) is 17.6 Å². The van der Waals surface area contributed by atoms with Gasteiger partial charge in [-0.3, -0.25) is 4.90 Å². The molecule has 6 heteroatoms. The molecule has 152 valence electrons. The van der Waals surface area contributed by atoms with E-state index in [1.165, 1.54) is 5.56 Å². The second-order valence-electron chi connectivity index (χ2n) is 7.50. The van der Waals surface area contributed by atoms with Gasteiger partial charge >= 0.3 is 0 Å². The van der Waals surface area contributed by atoms with Crippen molar-refractivity contribution in [3.8, 4) is 0 Å². The lowest BCUT2D eigenvalue weighted by molar-refractivity contribution is -0.0307. The molecule has 5 nitrogen and oxygen atoms in total. The fraction of sp³-hybridized carbons (Fsp3) is 0.250. The Morgan fingerprint density at radius 3 is 2.13 bits per heavy atom. The Labute approximate surface area is 185 Å². The molecule has 1 fully saturated rings.